The van der Waals surface area contributed by atoms with Gasteiger partial charge in [0.2, 0.25) is 0 Å². The van der Waals surface area contributed by atoms with Crippen LogP contribution < -0.4 is 24.8 Å². The number of hydrogen-bond acceptors (Lipinski definition) is 9. The summed E-state index contributed by atoms with van der Waals surface area (Å²) in [7, 11) is 1.54. The van der Waals surface area contributed by atoms with Crippen molar-refractivity contribution < 1.29 is 33.1 Å². The molecule has 0 radical (unpaired) electrons. The lowest BCUT2D eigenvalue weighted by Gasteiger charge is -2.26. The molecule has 4 aromatic rings. The number of nitro groups is 1. The molecule has 3 aromatic carbocycles. The van der Waals surface area contributed by atoms with Crippen LogP contribution in [0.4, 0.5) is 26.2 Å². The van der Waals surface area contributed by atoms with E-state index in [0.29, 0.717) is 34.8 Å². The highest BCUT2D eigenvalue weighted by Crippen LogP contribution is 2.38. The average Bonchev–Trinajstić information content (AvgIpc) is 3.01. The first-order valence-corrected chi connectivity index (χ1v) is 13.6. The molecule has 0 spiro atoms. The van der Waals surface area contributed by atoms with Gasteiger partial charge in [0.15, 0.2) is 23.1 Å². The van der Waals surface area contributed by atoms with Gasteiger partial charge in [0.1, 0.15) is 5.75 Å². The van der Waals surface area contributed by atoms with E-state index in [4.69, 9.17) is 18.9 Å². The monoisotopic (exact) mass is 591 g/mol. The Labute approximate surface area is 246 Å². The van der Waals surface area contributed by atoms with Crippen molar-refractivity contribution in [2.45, 2.75) is 6.42 Å². The fraction of sp³-hybridized carbons (Fsp3) is 0.267. The molecule has 224 valence electrons. The molecule has 1 fully saturated rings. The van der Waals surface area contributed by atoms with Gasteiger partial charge in [-0.25, -0.2) is 9.18 Å². The molecule has 1 aliphatic rings. The molecule has 2 amide bonds. The molecule has 13 heteroatoms. The Bertz CT molecular complexity index is 1610. The number of carbonyl (C=O) groups excluding carboxylic acids is 1. The van der Waals surface area contributed by atoms with Crippen LogP contribution in [0.1, 0.15) is 6.42 Å². The van der Waals surface area contributed by atoms with Crippen molar-refractivity contribution in [1.82, 2.24) is 9.88 Å². The second-order valence-corrected chi connectivity index (χ2v) is 9.62. The highest BCUT2D eigenvalue weighted by Gasteiger charge is 2.16. The fourth-order valence-electron chi connectivity index (χ4n) is 4.56. The third kappa shape index (κ3) is 7.64. The Morgan fingerprint density at radius 3 is 2.56 bits per heavy atom. The highest BCUT2D eigenvalue weighted by atomic mass is 19.1. The standard InChI is InChI=1S/C30H30FN5O7/c1-40-28-18-23-25(19-29(28)42-13-3-10-35-11-14-41-15-12-35)32-9-8-26(23)43-27-7-6-21(17-24(27)31)34-30(37)33-20-4-2-5-22(16-20)36(38)39/h2,4-9,16-19H,3,10-15H2,1H3,(H2,33,34,37). The Morgan fingerprint density at radius 1 is 1.02 bits per heavy atom. The summed E-state index contributed by atoms with van der Waals surface area (Å²) in [6.45, 7) is 4.76. The van der Waals surface area contributed by atoms with Crippen LogP contribution >= 0.6 is 0 Å². The molecule has 0 bridgehead atoms. The van der Waals surface area contributed by atoms with Crippen LogP contribution in [0.2, 0.25) is 0 Å². The third-order valence-electron chi connectivity index (χ3n) is 6.69. The zero-order valence-corrected chi connectivity index (χ0v) is 23.4. The topological polar surface area (TPSA) is 137 Å². The van der Waals surface area contributed by atoms with Gasteiger partial charge < -0.3 is 29.6 Å². The van der Waals surface area contributed by atoms with E-state index >= 15 is 4.39 Å². The highest BCUT2D eigenvalue weighted by molar-refractivity contribution is 6.00. The number of ether oxygens (including phenoxy) is 4. The van der Waals surface area contributed by atoms with Crippen LogP contribution in [-0.4, -0.2) is 67.4 Å². The molecular formula is C30H30FN5O7. The quantitative estimate of drug-likeness (QED) is 0.125. The van der Waals surface area contributed by atoms with Gasteiger partial charge in [-0.2, -0.15) is 0 Å². The van der Waals surface area contributed by atoms with Crippen molar-refractivity contribution >= 4 is 34.0 Å². The van der Waals surface area contributed by atoms with E-state index in [0.717, 1.165) is 45.3 Å². The molecule has 5 rings (SSSR count). The maximum absolute atomic E-state index is 15.0. The number of carbonyl (C=O) groups is 1. The molecule has 0 saturated carbocycles. The molecule has 1 aromatic heterocycles. The predicted octanol–water partition coefficient (Wildman–Crippen LogP) is 5.83. The van der Waals surface area contributed by atoms with Gasteiger partial charge in [-0.05, 0) is 36.8 Å². The molecule has 2 heterocycles. The number of nitrogens with zero attached hydrogens (tertiary/aromatic N) is 3. The van der Waals surface area contributed by atoms with Gasteiger partial charge in [0.25, 0.3) is 5.69 Å². The smallest absolute Gasteiger partial charge is 0.323 e. The SMILES string of the molecule is COc1cc2c(Oc3ccc(NC(=O)Nc4cccc([N+](=O)[O-])c4)cc3F)ccnc2cc1OCCCN1CCOCC1. The van der Waals surface area contributed by atoms with Crippen molar-refractivity contribution in [3.8, 4) is 23.0 Å². The first-order valence-electron chi connectivity index (χ1n) is 13.6. The first-order chi connectivity index (χ1) is 20.9. The van der Waals surface area contributed by atoms with E-state index in [-0.39, 0.29) is 22.8 Å². The second-order valence-electron chi connectivity index (χ2n) is 9.62. The lowest BCUT2D eigenvalue weighted by atomic mass is 10.1. The van der Waals surface area contributed by atoms with Gasteiger partial charge >= 0.3 is 6.03 Å². The average molecular weight is 592 g/mol. The summed E-state index contributed by atoms with van der Waals surface area (Å²) in [6.07, 6.45) is 2.40. The first kappa shape index (κ1) is 29.5. The van der Waals surface area contributed by atoms with Crippen molar-refractivity contribution in [2.75, 3.05) is 57.2 Å². The Morgan fingerprint density at radius 2 is 1.81 bits per heavy atom. The Hall–Kier alpha value is -5.01. The van der Waals surface area contributed by atoms with Gasteiger partial charge in [0.05, 0.1) is 37.4 Å². The van der Waals surface area contributed by atoms with Crippen molar-refractivity contribution in [2.24, 2.45) is 0 Å². The minimum Gasteiger partial charge on any atom is -0.493 e. The zero-order valence-electron chi connectivity index (χ0n) is 23.4. The van der Waals surface area contributed by atoms with Gasteiger partial charge in [0, 0.05) is 66.9 Å². The molecule has 43 heavy (non-hydrogen) atoms. The van der Waals surface area contributed by atoms with Crippen molar-refractivity contribution in [3.63, 3.8) is 0 Å². The number of rotatable bonds is 11. The van der Waals surface area contributed by atoms with Crippen molar-refractivity contribution in [1.29, 1.82) is 0 Å². The van der Waals surface area contributed by atoms with E-state index < -0.39 is 16.8 Å². The fourth-order valence-corrected chi connectivity index (χ4v) is 4.56. The summed E-state index contributed by atoms with van der Waals surface area (Å²) >= 11 is 0. The van der Waals surface area contributed by atoms with Crippen LogP contribution in [-0.2, 0) is 4.74 Å². The number of halogens is 1. The number of methoxy groups -OCH3 is 1. The number of aromatic nitrogens is 1. The van der Waals surface area contributed by atoms with E-state index in [1.165, 1.54) is 36.4 Å². The molecule has 0 atom stereocenters. The van der Waals surface area contributed by atoms with E-state index in [1.54, 1.807) is 31.5 Å². The maximum Gasteiger partial charge on any atom is 0.323 e. The number of nitro benzene ring substituents is 1. The summed E-state index contributed by atoms with van der Waals surface area (Å²) < 4.78 is 37.9. The minimum absolute atomic E-state index is 0.0699. The number of urea groups is 1. The zero-order chi connectivity index (χ0) is 30.2. The summed E-state index contributed by atoms with van der Waals surface area (Å²) in [5.41, 5.74) is 0.783. The molecule has 1 saturated heterocycles. The molecule has 1 aliphatic heterocycles. The van der Waals surface area contributed by atoms with Gasteiger partial charge in [-0.15, -0.1) is 0 Å². The molecule has 2 N–H and O–H groups in total. The Kier molecular flexibility index (Phi) is 9.44. The van der Waals surface area contributed by atoms with Crippen LogP contribution in [0, 0.1) is 15.9 Å². The van der Waals surface area contributed by atoms with Crippen LogP contribution in [0.5, 0.6) is 23.0 Å². The second kappa shape index (κ2) is 13.8. The number of fused-ring (bicyclic) bond motifs is 1. The summed E-state index contributed by atoms with van der Waals surface area (Å²) in [6, 6.07) is 13.8. The predicted molar refractivity (Wildman–Crippen MR) is 158 cm³/mol. The lowest BCUT2D eigenvalue weighted by Crippen LogP contribution is -2.37. The molecular weight excluding hydrogens is 561 g/mol. The van der Waals surface area contributed by atoms with Crippen LogP contribution in [0.15, 0.2) is 66.9 Å². The van der Waals surface area contributed by atoms with E-state index in [2.05, 4.69) is 20.5 Å². The largest absolute Gasteiger partial charge is 0.493 e. The maximum atomic E-state index is 15.0. The normalized spacial score (nSPS) is 13.3. The summed E-state index contributed by atoms with van der Waals surface area (Å²) in [5.74, 6) is 0.605. The van der Waals surface area contributed by atoms with E-state index in [1.807, 2.05) is 0 Å². The van der Waals surface area contributed by atoms with Crippen LogP contribution in [0.3, 0.4) is 0 Å². The van der Waals surface area contributed by atoms with Crippen molar-refractivity contribution in [3.05, 3.63) is 82.8 Å². The summed E-state index contributed by atoms with van der Waals surface area (Å²) in [5, 5.41) is 16.5. The number of morpholine rings is 1. The number of non-ortho nitro benzene ring substituents is 1. The van der Waals surface area contributed by atoms with Crippen LogP contribution in [0.25, 0.3) is 10.9 Å². The number of nitrogens with one attached hydrogen (secondary N) is 2. The molecule has 12 nitrogen and oxygen atoms in total. The molecule has 0 aliphatic carbocycles. The number of anilines is 2. The number of pyridine rings is 1. The lowest BCUT2D eigenvalue weighted by molar-refractivity contribution is -0.384. The number of amides is 2. The number of hydrogen-bond donors (Lipinski definition) is 2. The number of benzene rings is 3. The van der Waals surface area contributed by atoms with Gasteiger partial charge in [-0.3, -0.25) is 20.0 Å². The minimum atomic E-state index is -0.717. The summed E-state index contributed by atoms with van der Waals surface area (Å²) in [4.78, 5) is 29.5. The van der Waals surface area contributed by atoms with Gasteiger partial charge in [-0.1, -0.05) is 6.07 Å². The van der Waals surface area contributed by atoms with E-state index in [9.17, 15) is 14.9 Å². The molecule has 0 unspecified atom stereocenters. The third-order valence-corrected chi connectivity index (χ3v) is 6.69. The Balaban J connectivity index is 1.24.